The predicted molar refractivity (Wildman–Crippen MR) is 53.2 cm³/mol. The maximum absolute atomic E-state index is 12.5. The first-order chi connectivity index (χ1) is 7.17. The fourth-order valence-electron chi connectivity index (χ4n) is 0.998. The molecule has 6 heteroatoms. The van der Waals surface area contributed by atoms with Crippen molar-refractivity contribution in [2.24, 2.45) is 0 Å². The van der Waals surface area contributed by atoms with Crippen LogP contribution in [0.1, 0.15) is 5.56 Å². The third-order valence-electron chi connectivity index (χ3n) is 1.73. The standard InChI is InChI=1S/C9H8FNO3S/c10-7-3-1-6(2-4-7)5-8(15-14)9(12)11-13/h1-4,13H,5H2,(H,11,12). The monoisotopic (exact) mass is 229 g/mol. The maximum atomic E-state index is 12.5. The molecule has 2 N–H and O–H groups in total. The average molecular weight is 229 g/mol. The Morgan fingerprint density at radius 2 is 2.00 bits per heavy atom. The van der Waals surface area contributed by atoms with Crippen LogP contribution in [0.3, 0.4) is 0 Å². The molecule has 0 atom stereocenters. The van der Waals surface area contributed by atoms with Crippen molar-refractivity contribution in [1.82, 2.24) is 5.48 Å². The summed E-state index contributed by atoms with van der Waals surface area (Å²) in [7, 11) is 0. The van der Waals surface area contributed by atoms with Crippen LogP contribution in [-0.2, 0) is 22.5 Å². The number of hydrogen-bond donors (Lipinski definition) is 2. The molecule has 80 valence electrons. The third-order valence-corrected chi connectivity index (χ3v) is 2.26. The summed E-state index contributed by atoms with van der Waals surface area (Å²) in [4.78, 5) is 10.8. The van der Waals surface area contributed by atoms with Gasteiger partial charge in [-0.3, -0.25) is 10.0 Å². The Balaban J connectivity index is 2.81. The number of halogens is 1. The smallest absolute Gasteiger partial charge is 0.284 e. The Labute approximate surface area is 88.8 Å². The third kappa shape index (κ3) is 3.26. The summed E-state index contributed by atoms with van der Waals surface area (Å²) in [5.41, 5.74) is 2.00. The topological polar surface area (TPSA) is 66.4 Å². The van der Waals surface area contributed by atoms with Crippen molar-refractivity contribution in [2.45, 2.75) is 6.42 Å². The van der Waals surface area contributed by atoms with E-state index in [0.29, 0.717) is 5.56 Å². The average Bonchev–Trinajstić information content (AvgIpc) is 2.27. The fraction of sp³-hybridized carbons (Fsp3) is 0.111. The maximum Gasteiger partial charge on any atom is 0.284 e. The van der Waals surface area contributed by atoms with Crippen molar-refractivity contribution in [3.05, 3.63) is 35.6 Å². The van der Waals surface area contributed by atoms with Crippen LogP contribution >= 0.6 is 0 Å². The first-order valence-electron chi connectivity index (χ1n) is 4.02. The van der Waals surface area contributed by atoms with Gasteiger partial charge in [-0.15, -0.1) is 0 Å². The fourth-order valence-corrected chi connectivity index (χ4v) is 1.34. The lowest BCUT2D eigenvalue weighted by Gasteiger charge is -2.01. The molecule has 0 saturated heterocycles. The van der Waals surface area contributed by atoms with Gasteiger partial charge in [-0.25, -0.2) is 14.1 Å². The highest BCUT2D eigenvalue weighted by molar-refractivity contribution is 7.68. The van der Waals surface area contributed by atoms with E-state index in [2.05, 4.69) is 0 Å². The van der Waals surface area contributed by atoms with Gasteiger partial charge in [-0.05, 0) is 17.7 Å². The molecule has 0 aliphatic rings. The lowest BCUT2D eigenvalue weighted by Crippen LogP contribution is -2.29. The van der Waals surface area contributed by atoms with Crippen LogP contribution in [-0.4, -0.2) is 20.2 Å². The highest BCUT2D eigenvalue weighted by Gasteiger charge is 2.10. The lowest BCUT2D eigenvalue weighted by molar-refractivity contribution is -0.122. The second-order valence-corrected chi connectivity index (χ2v) is 3.41. The Morgan fingerprint density at radius 3 is 2.47 bits per heavy atom. The van der Waals surface area contributed by atoms with Gasteiger partial charge in [0.1, 0.15) is 10.7 Å². The second-order valence-electron chi connectivity index (χ2n) is 2.75. The van der Waals surface area contributed by atoms with E-state index in [0.717, 1.165) is 0 Å². The van der Waals surface area contributed by atoms with Crippen molar-refractivity contribution in [1.29, 1.82) is 0 Å². The summed E-state index contributed by atoms with van der Waals surface area (Å²) in [5, 5.41) is 8.33. The predicted octanol–water partition coefficient (Wildman–Crippen LogP) is 0.259. The van der Waals surface area contributed by atoms with E-state index >= 15 is 0 Å². The molecule has 0 spiro atoms. The highest BCUT2D eigenvalue weighted by Crippen LogP contribution is 2.03. The molecule has 15 heavy (non-hydrogen) atoms. The van der Waals surface area contributed by atoms with Gasteiger partial charge in [0.05, 0.1) is 11.3 Å². The molecule has 0 unspecified atom stereocenters. The van der Waals surface area contributed by atoms with E-state index in [4.69, 9.17) is 5.21 Å². The Kier molecular flexibility index (Phi) is 4.14. The van der Waals surface area contributed by atoms with Crippen molar-refractivity contribution >= 4 is 22.0 Å². The number of hydroxylamine groups is 1. The molecule has 0 fully saturated rings. The van der Waals surface area contributed by atoms with Gasteiger partial charge in [-0.1, -0.05) is 12.1 Å². The zero-order valence-electron chi connectivity index (χ0n) is 7.57. The summed E-state index contributed by atoms with van der Waals surface area (Å²) in [5.74, 6) is -1.22. The van der Waals surface area contributed by atoms with Crippen LogP contribution in [0.15, 0.2) is 24.3 Å². The molecule has 0 aliphatic heterocycles. The Hall–Kier alpha value is -1.53. The molecule has 1 aromatic carbocycles. The normalized spacial score (nSPS) is 9.47. The lowest BCUT2D eigenvalue weighted by atomic mass is 10.1. The largest absolute Gasteiger partial charge is 0.288 e. The minimum Gasteiger partial charge on any atom is -0.288 e. The SMILES string of the molecule is O=S=C(Cc1ccc(F)cc1)C(=O)NO. The van der Waals surface area contributed by atoms with Gasteiger partial charge in [0.25, 0.3) is 5.91 Å². The first kappa shape index (κ1) is 11.5. The summed E-state index contributed by atoms with van der Waals surface area (Å²) < 4.78 is 23.1. The Morgan fingerprint density at radius 1 is 1.40 bits per heavy atom. The zero-order valence-corrected chi connectivity index (χ0v) is 8.38. The minimum absolute atomic E-state index is 0.00251. The number of amides is 1. The van der Waals surface area contributed by atoms with Gasteiger partial charge >= 0.3 is 0 Å². The number of benzene rings is 1. The number of carbonyl (C=O) groups excluding carboxylic acids is 1. The first-order valence-corrected chi connectivity index (χ1v) is 4.76. The highest BCUT2D eigenvalue weighted by atomic mass is 32.1. The molecule has 0 saturated carbocycles. The summed E-state index contributed by atoms with van der Waals surface area (Å²) in [6, 6.07) is 5.41. The summed E-state index contributed by atoms with van der Waals surface area (Å²) in [6.45, 7) is 0. The van der Waals surface area contributed by atoms with Gasteiger partial charge < -0.3 is 0 Å². The van der Waals surface area contributed by atoms with E-state index in [1.54, 1.807) is 0 Å². The van der Waals surface area contributed by atoms with Crippen molar-refractivity contribution in [3.63, 3.8) is 0 Å². The van der Waals surface area contributed by atoms with Gasteiger partial charge in [0.2, 0.25) is 0 Å². The summed E-state index contributed by atoms with van der Waals surface area (Å²) in [6.07, 6.45) is 0.0703. The minimum atomic E-state index is -0.834. The second kappa shape index (κ2) is 5.38. The van der Waals surface area contributed by atoms with Crippen LogP contribution in [0.4, 0.5) is 4.39 Å². The molecule has 0 aliphatic carbocycles. The molecule has 1 aromatic rings. The molecule has 0 heterocycles. The molecule has 0 bridgehead atoms. The molecule has 1 rings (SSSR count). The summed E-state index contributed by atoms with van der Waals surface area (Å²) >= 11 is 0.00251. The quantitative estimate of drug-likeness (QED) is 0.444. The zero-order chi connectivity index (χ0) is 11.3. The van der Waals surface area contributed by atoms with Crippen LogP contribution in [0.5, 0.6) is 0 Å². The van der Waals surface area contributed by atoms with Crippen molar-refractivity contribution in [2.75, 3.05) is 0 Å². The number of hydrogen-bond acceptors (Lipinski definition) is 3. The van der Waals surface area contributed by atoms with Crippen LogP contribution in [0, 0.1) is 5.82 Å². The molecule has 1 amide bonds. The van der Waals surface area contributed by atoms with Gasteiger partial charge in [0, 0.05) is 6.42 Å². The van der Waals surface area contributed by atoms with Crippen LogP contribution < -0.4 is 5.48 Å². The van der Waals surface area contributed by atoms with E-state index in [9.17, 15) is 13.4 Å². The molecule has 0 aromatic heterocycles. The number of rotatable bonds is 3. The van der Waals surface area contributed by atoms with Crippen molar-refractivity contribution in [3.8, 4) is 0 Å². The molecular formula is C9H8FNO3S. The van der Waals surface area contributed by atoms with Crippen LogP contribution in [0.2, 0.25) is 0 Å². The number of nitrogens with one attached hydrogen (secondary N) is 1. The van der Waals surface area contributed by atoms with Gasteiger partial charge in [0.15, 0.2) is 0 Å². The van der Waals surface area contributed by atoms with E-state index in [-0.39, 0.29) is 28.4 Å². The molecule has 4 nitrogen and oxygen atoms in total. The van der Waals surface area contributed by atoms with E-state index < -0.39 is 5.91 Å². The molecular weight excluding hydrogens is 221 g/mol. The van der Waals surface area contributed by atoms with E-state index in [1.807, 2.05) is 0 Å². The van der Waals surface area contributed by atoms with Crippen molar-refractivity contribution < 1.29 is 18.6 Å². The Bertz CT molecular complexity index is 412. The van der Waals surface area contributed by atoms with E-state index in [1.165, 1.54) is 29.7 Å². The van der Waals surface area contributed by atoms with Crippen LogP contribution in [0.25, 0.3) is 0 Å². The van der Waals surface area contributed by atoms with Gasteiger partial charge in [-0.2, -0.15) is 0 Å². The molecule has 0 radical (unpaired) electrons. The number of carbonyl (C=O) groups is 1.